The van der Waals surface area contributed by atoms with Gasteiger partial charge in [-0.1, -0.05) is 6.92 Å². The van der Waals surface area contributed by atoms with Crippen molar-refractivity contribution < 1.29 is 0 Å². The molecular formula is C12H15BrN4S. The molecule has 0 saturated carbocycles. The molecule has 0 amide bonds. The second-order valence-electron chi connectivity index (χ2n) is 3.98. The molecule has 0 bridgehead atoms. The van der Waals surface area contributed by atoms with E-state index in [-0.39, 0.29) is 0 Å². The maximum atomic E-state index is 5.51. The Morgan fingerprint density at radius 1 is 1.39 bits per heavy atom. The molecule has 3 N–H and O–H groups in total. The highest BCUT2D eigenvalue weighted by Crippen LogP contribution is 2.33. The summed E-state index contributed by atoms with van der Waals surface area (Å²) < 4.78 is 1.09. The van der Waals surface area contributed by atoms with E-state index in [1.54, 1.807) is 11.3 Å². The van der Waals surface area contributed by atoms with Crippen LogP contribution < -0.4 is 11.3 Å². The largest absolute Gasteiger partial charge is 0.308 e. The molecule has 0 radical (unpaired) electrons. The molecule has 2 aromatic heterocycles. The highest BCUT2D eigenvalue weighted by molar-refractivity contribution is 9.10. The molecule has 2 rings (SSSR count). The normalized spacial score (nSPS) is 10.7. The van der Waals surface area contributed by atoms with Crippen molar-refractivity contribution in [3.05, 3.63) is 26.7 Å². The Hall–Kier alpha value is -0.980. The fourth-order valence-electron chi connectivity index (χ4n) is 1.73. The lowest BCUT2D eigenvalue weighted by Gasteiger charge is -2.09. The third kappa shape index (κ3) is 2.41. The van der Waals surface area contributed by atoms with Gasteiger partial charge < -0.3 is 5.43 Å². The fraction of sp³-hybridized carbons (Fsp3) is 0.333. The van der Waals surface area contributed by atoms with E-state index in [4.69, 9.17) is 5.84 Å². The molecule has 2 aromatic rings. The molecular weight excluding hydrogens is 312 g/mol. The zero-order valence-corrected chi connectivity index (χ0v) is 12.9. The van der Waals surface area contributed by atoms with Gasteiger partial charge >= 0.3 is 0 Å². The summed E-state index contributed by atoms with van der Waals surface area (Å²) >= 11 is 5.18. The SMILES string of the molecule is CCc1nc(-c2cc(Br)c(C)s2)nc(NN)c1C. The summed E-state index contributed by atoms with van der Waals surface area (Å²) in [6.07, 6.45) is 0.863. The Bertz CT molecular complexity index is 535. The van der Waals surface area contributed by atoms with Crippen molar-refractivity contribution in [1.82, 2.24) is 9.97 Å². The predicted molar refractivity (Wildman–Crippen MR) is 79.7 cm³/mol. The van der Waals surface area contributed by atoms with Crippen LogP contribution >= 0.6 is 27.3 Å². The van der Waals surface area contributed by atoms with E-state index in [2.05, 4.69) is 45.2 Å². The minimum Gasteiger partial charge on any atom is -0.308 e. The summed E-state index contributed by atoms with van der Waals surface area (Å²) in [5, 5.41) is 0. The molecule has 0 saturated heterocycles. The number of thiophene rings is 1. The number of nitrogens with two attached hydrogens (primary N) is 1. The molecule has 0 aromatic carbocycles. The van der Waals surface area contributed by atoms with Crippen molar-refractivity contribution in [1.29, 1.82) is 0 Å². The van der Waals surface area contributed by atoms with Crippen LogP contribution in [0.3, 0.4) is 0 Å². The number of nitrogens with one attached hydrogen (secondary N) is 1. The number of nitrogen functional groups attached to an aromatic ring is 1. The van der Waals surface area contributed by atoms with Gasteiger partial charge in [-0.05, 0) is 42.3 Å². The van der Waals surface area contributed by atoms with Crippen molar-refractivity contribution in [2.75, 3.05) is 5.43 Å². The van der Waals surface area contributed by atoms with Gasteiger partial charge in [0.15, 0.2) is 5.82 Å². The average Bonchev–Trinajstić information content (AvgIpc) is 2.70. The zero-order chi connectivity index (χ0) is 13.3. The molecule has 4 nitrogen and oxygen atoms in total. The van der Waals surface area contributed by atoms with Crippen LogP contribution in [0.2, 0.25) is 0 Å². The van der Waals surface area contributed by atoms with E-state index in [1.807, 2.05) is 13.0 Å². The van der Waals surface area contributed by atoms with Crippen molar-refractivity contribution >= 4 is 33.1 Å². The zero-order valence-electron chi connectivity index (χ0n) is 10.5. The van der Waals surface area contributed by atoms with Gasteiger partial charge in [-0.15, -0.1) is 11.3 Å². The first-order chi connectivity index (χ1) is 8.56. The predicted octanol–water partition coefficient (Wildman–Crippen LogP) is 3.43. The van der Waals surface area contributed by atoms with Gasteiger partial charge in [0, 0.05) is 20.6 Å². The monoisotopic (exact) mass is 326 g/mol. The summed E-state index contributed by atoms with van der Waals surface area (Å²) in [5.74, 6) is 6.93. The first-order valence-corrected chi connectivity index (χ1v) is 7.28. The Morgan fingerprint density at radius 2 is 2.11 bits per heavy atom. The molecule has 18 heavy (non-hydrogen) atoms. The first-order valence-electron chi connectivity index (χ1n) is 5.67. The van der Waals surface area contributed by atoms with E-state index in [1.165, 1.54) is 4.88 Å². The minimum atomic E-state index is 0.694. The van der Waals surface area contributed by atoms with Crippen molar-refractivity contribution in [2.24, 2.45) is 5.84 Å². The molecule has 0 spiro atoms. The topological polar surface area (TPSA) is 63.8 Å². The molecule has 0 atom stereocenters. The standard InChI is InChI=1S/C12H15BrN4S/c1-4-9-6(2)11(17-14)16-12(15-9)10-5-8(13)7(3)18-10/h5H,4,14H2,1-3H3,(H,15,16,17). The van der Waals surface area contributed by atoms with Crippen molar-refractivity contribution in [2.45, 2.75) is 27.2 Å². The van der Waals surface area contributed by atoms with Gasteiger partial charge in [0.1, 0.15) is 5.82 Å². The molecule has 0 aliphatic rings. The maximum absolute atomic E-state index is 5.51. The lowest BCUT2D eigenvalue weighted by atomic mass is 10.2. The quantitative estimate of drug-likeness (QED) is 0.670. The number of anilines is 1. The van der Waals surface area contributed by atoms with Crippen molar-refractivity contribution in [3.8, 4) is 10.7 Å². The van der Waals surface area contributed by atoms with Gasteiger partial charge in [0.2, 0.25) is 0 Å². The number of halogens is 1. The minimum absolute atomic E-state index is 0.694. The number of aryl methyl sites for hydroxylation is 2. The molecule has 0 unspecified atom stereocenters. The van der Waals surface area contributed by atoms with Gasteiger partial charge in [-0.3, -0.25) is 0 Å². The smallest absolute Gasteiger partial charge is 0.171 e. The molecule has 0 aliphatic carbocycles. The van der Waals surface area contributed by atoms with E-state index >= 15 is 0 Å². The number of hydrogen-bond donors (Lipinski definition) is 2. The van der Waals surface area contributed by atoms with Crippen molar-refractivity contribution in [3.63, 3.8) is 0 Å². The summed E-state index contributed by atoms with van der Waals surface area (Å²) in [4.78, 5) is 11.3. The Morgan fingerprint density at radius 3 is 2.61 bits per heavy atom. The molecule has 0 fully saturated rings. The average molecular weight is 327 g/mol. The summed E-state index contributed by atoms with van der Waals surface area (Å²) in [5.41, 5.74) is 4.68. The molecule has 6 heteroatoms. The molecule has 0 aliphatic heterocycles. The highest BCUT2D eigenvalue weighted by atomic mass is 79.9. The van der Waals surface area contributed by atoms with E-state index < -0.39 is 0 Å². The van der Waals surface area contributed by atoms with Crippen LogP contribution in [-0.4, -0.2) is 9.97 Å². The Kier molecular flexibility index (Phi) is 3.99. The summed E-state index contributed by atoms with van der Waals surface area (Å²) in [7, 11) is 0. The van der Waals surface area contributed by atoms with Crippen LogP contribution in [-0.2, 0) is 6.42 Å². The third-order valence-electron chi connectivity index (χ3n) is 2.80. The van der Waals surface area contributed by atoms with Gasteiger partial charge in [-0.2, -0.15) is 0 Å². The van der Waals surface area contributed by atoms with E-state index in [0.29, 0.717) is 5.82 Å². The van der Waals surface area contributed by atoms with Crippen LogP contribution in [0.15, 0.2) is 10.5 Å². The molecule has 2 heterocycles. The second kappa shape index (κ2) is 5.34. The lowest BCUT2D eigenvalue weighted by molar-refractivity contribution is 0.975. The lowest BCUT2D eigenvalue weighted by Crippen LogP contribution is -2.13. The fourth-order valence-corrected chi connectivity index (χ4v) is 3.20. The van der Waals surface area contributed by atoms with Gasteiger partial charge in [-0.25, -0.2) is 15.8 Å². The summed E-state index contributed by atoms with van der Waals surface area (Å²) in [6, 6.07) is 2.05. The van der Waals surface area contributed by atoms with Gasteiger partial charge in [0.25, 0.3) is 0 Å². The summed E-state index contributed by atoms with van der Waals surface area (Å²) in [6.45, 7) is 6.12. The van der Waals surface area contributed by atoms with Gasteiger partial charge in [0.05, 0.1) is 4.88 Å². The maximum Gasteiger partial charge on any atom is 0.171 e. The van der Waals surface area contributed by atoms with E-state index in [0.717, 1.165) is 32.9 Å². The third-order valence-corrected chi connectivity index (χ3v) is 4.93. The van der Waals surface area contributed by atoms with Crippen LogP contribution in [0.1, 0.15) is 23.1 Å². The van der Waals surface area contributed by atoms with Crippen LogP contribution in [0, 0.1) is 13.8 Å². The number of rotatable bonds is 3. The number of aromatic nitrogens is 2. The number of hydrazine groups is 1. The van der Waals surface area contributed by atoms with E-state index in [9.17, 15) is 0 Å². The Labute approximate surface area is 119 Å². The Balaban J connectivity index is 2.57. The molecule has 96 valence electrons. The van der Waals surface area contributed by atoms with Crippen LogP contribution in [0.25, 0.3) is 10.7 Å². The van der Waals surface area contributed by atoms with Crippen LogP contribution in [0.4, 0.5) is 5.82 Å². The second-order valence-corrected chi connectivity index (χ2v) is 6.09. The highest BCUT2D eigenvalue weighted by Gasteiger charge is 2.13. The van der Waals surface area contributed by atoms with Crippen LogP contribution in [0.5, 0.6) is 0 Å². The first kappa shape index (κ1) is 13.5. The number of hydrogen-bond acceptors (Lipinski definition) is 5. The number of nitrogens with zero attached hydrogens (tertiary/aromatic N) is 2.